The van der Waals surface area contributed by atoms with E-state index >= 15 is 0 Å². The standard InChI is InChI=1S/C39H38N4O14/c1-17-18(2-6-33(44)45)26-14-27-20(4-8-35(48)49)23(11-38(54)55)31(42-27)16-29-21(5-9-36(50)51)24(12-39(56)57)32(43-29)15-28-19(3-7-34(46)47)22(10-37(52)53)30(41-28)13-25(17)40-26/h13-16,42-43H,2-12H2,1H3,(H,44,45)(H,46,47)(H,48,49)(H,50,51)(H,52,53)(H,54,55)(H,56,57). The van der Waals surface area contributed by atoms with Crippen molar-refractivity contribution >= 4 is 86.1 Å². The Bertz CT molecular complexity index is 2470. The van der Waals surface area contributed by atoms with E-state index in [9.17, 15) is 69.3 Å². The van der Waals surface area contributed by atoms with Gasteiger partial charge in [-0.1, -0.05) is 0 Å². The highest BCUT2D eigenvalue weighted by atomic mass is 16.4. The number of aliphatic carboxylic acids is 7. The minimum Gasteiger partial charge on any atom is -0.481 e. The molecular formula is C39H38N4O14. The van der Waals surface area contributed by atoms with Gasteiger partial charge in [-0.2, -0.15) is 0 Å². The molecule has 0 spiro atoms. The molecule has 0 radical (unpaired) electrons. The SMILES string of the molecule is CC1=C(CCC(=O)O)c2cc3[nH]c(cc4[nH]c(cc5nc(cc1n2)C(CC(=O)O)=C5CCC(=O)O)c(CC(=O)O)c4CCC(=O)O)c(CC(=O)O)c3CCC(=O)O. The van der Waals surface area contributed by atoms with Gasteiger partial charge in [0.1, 0.15) is 0 Å². The highest BCUT2D eigenvalue weighted by molar-refractivity contribution is 6.01. The second kappa shape index (κ2) is 17.1. The van der Waals surface area contributed by atoms with Crippen molar-refractivity contribution < 1.29 is 69.3 Å². The van der Waals surface area contributed by atoms with E-state index in [1.165, 1.54) is 24.3 Å². The number of rotatable bonds is 18. The molecule has 0 amide bonds. The summed E-state index contributed by atoms with van der Waals surface area (Å²) in [6.07, 6.45) is -3.90. The molecule has 2 aliphatic heterocycles. The zero-order valence-electron chi connectivity index (χ0n) is 30.5. The van der Waals surface area contributed by atoms with Crippen molar-refractivity contribution in [3.63, 3.8) is 0 Å². The Labute approximate surface area is 321 Å². The van der Waals surface area contributed by atoms with E-state index in [2.05, 4.69) is 9.97 Å². The van der Waals surface area contributed by atoms with Crippen molar-refractivity contribution in [1.29, 1.82) is 0 Å². The lowest BCUT2D eigenvalue weighted by Crippen LogP contribution is -2.05. The Morgan fingerprint density at radius 2 is 0.789 bits per heavy atom. The number of carbonyl (C=O) groups is 7. The molecule has 298 valence electrons. The predicted molar refractivity (Wildman–Crippen MR) is 201 cm³/mol. The summed E-state index contributed by atoms with van der Waals surface area (Å²) in [6.45, 7) is 1.67. The third-order valence-corrected chi connectivity index (χ3v) is 9.64. The number of hydrogen-bond acceptors (Lipinski definition) is 9. The topological polar surface area (TPSA) is 318 Å². The van der Waals surface area contributed by atoms with Gasteiger partial charge in [-0.05, 0) is 101 Å². The van der Waals surface area contributed by atoms with Gasteiger partial charge in [-0.15, -0.1) is 0 Å². The minimum atomic E-state index is -1.29. The molecule has 18 heteroatoms. The van der Waals surface area contributed by atoms with Crippen molar-refractivity contribution in [3.05, 3.63) is 69.3 Å². The predicted octanol–water partition coefficient (Wildman–Crippen LogP) is 4.65. The van der Waals surface area contributed by atoms with Crippen molar-refractivity contribution in [2.75, 3.05) is 0 Å². The van der Waals surface area contributed by atoms with Gasteiger partial charge >= 0.3 is 41.8 Å². The van der Waals surface area contributed by atoms with E-state index in [4.69, 9.17) is 9.97 Å². The lowest BCUT2D eigenvalue weighted by atomic mass is 9.96. The summed E-state index contributed by atoms with van der Waals surface area (Å²) < 4.78 is 0. The van der Waals surface area contributed by atoms with Gasteiger partial charge < -0.3 is 45.7 Å². The molecule has 57 heavy (non-hydrogen) atoms. The number of carboxylic acid groups (broad SMARTS) is 7. The molecule has 5 rings (SSSR count). The van der Waals surface area contributed by atoms with Crippen LogP contribution >= 0.6 is 0 Å². The highest BCUT2D eigenvalue weighted by Crippen LogP contribution is 2.39. The van der Waals surface area contributed by atoms with Crippen LogP contribution in [-0.2, 0) is 59.2 Å². The van der Waals surface area contributed by atoms with Gasteiger partial charge in [0.15, 0.2) is 0 Å². The molecule has 18 nitrogen and oxygen atoms in total. The molecule has 0 aliphatic carbocycles. The number of H-pyrrole nitrogens is 2. The van der Waals surface area contributed by atoms with Crippen molar-refractivity contribution in [3.8, 4) is 0 Å². The summed E-state index contributed by atoms with van der Waals surface area (Å²) >= 11 is 0. The Kier molecular flexibility index (Phi) is 12.3. The molecule has 0 saturated carbocycles. The summed E-state index contributed by atoms with van der Waals surface area (Å²) in [5.74, 6) is -8.48. The third-order valence-electron chi connectivity index (χ3n) is 9.64. The van der Waals surface area contributed by atoms with Crippen LogP contribution in [0.4, 0.5) is 0 Å². The van der Waals surface area contributed by atoms with Gasteiger partial charge in [0.2, 0.25) is 0 Å². The van der Waals surface area contributed by atoms with Crippen molar-refractivity contribution in [1.82, 2.24) is 19.9 Å². The van der Waals surface area contributed by atoms with E-state index in [0.29, 0.717) is 16.7 Å². The van der Waals surface area contributed by atoms with E-state index in [1.807, 2.05) is 0 Å². The van der Waals surface area contributed by atoms with Crippen LogP contribution in [0.25, 0.3) is 44.4 Å². The van der Waals surface area contributed by atoms with Gasteiger partial charge in [-0.25, -0.2) is 9.97 Å². The fourth-order valence-electron chi connectivity index (χ4n) is 7.13. The van der Waals surface area contributed by atoms with Gasteiger partial charge in [0.05, 0.1) is 42.0 Å². The average molecular weight is 787 g/mol. The first-order valence-electron chi connectivity index (χ1n) is 17.6. The average Bonchev–Trinajstić information content (AvgIpc) is 3.77. The molecule has 0 atom stereocenters. The fraction of sp³-hybridized carbons (Fsp3) is 0.308. The van der Waals surface area contributed by atoms with E-state index in [0.717, 1.165) is 0 Å². The highest BCUT2D eigenvalue weighted by Gasteiger charge is 2.27. The second-order valence-corrected chi connectivity index (χ2v) is 13.5. The number of hydrogen-bond donors (Lipinski definition) is 9. The summed E-state index contributed by atoms with van der Waals surface area (Å²) in [6, 6.07) is 5.90. The van der Waals surface area contributed by atoms with Crippen molar-refractivity contribution in [2.45, 2.75) is 77.6 Å². The van der Waals surface area contributed by atoms with Crippen LogP contribution in [0.2, 0.25) is 0 Å². The van der Waals surface area contributed by atoms with Crippen LogP contribution in [0, 0.1) is 0 Å². The van der Waals surface area contributed by atoms with Crippen LogP contribution in [0.3, 0.4) is 0 Å². The fourth-order valence-corrected chi connectivity index (χ4v) is 7.13. The molecule has 2 aliphatic rings. The summed E-state index contributed by atoms with van der Waals surface area (Å²) in [4.78, 5) is 99.6. The summed E-state index contributed by atoms with van der Waals surface area (Å²) in [5.41, 5.74) is 3.68. The largest absolute Gasteiger partial charge is 0.481 e. The van der Waals surface area contributed by atoms with Gasteiger partial charge in [0.25, 0.3) is 0 Å². The molecule has 3 aromatic heterocycles. The number of aromatic amines is 2. The Morgan fingerprint density at radius 3 is 1.26 bits per heavy atom. The zero-order valence-corrected chi connectivity index (χ0v) is 30.5. The molecule has 9 N–H and O–H groups in total. The second-order valence-electron chi connectivity index (χ2n) is 13.5. The van der Waals surface area contributed by atoms with Crippen LogP contribution in [0.15, 0.2) is 24.3 Å². The van der Waals surface area contributed by atoms with Crippen molar-refractivity contribution in [2.24, 2.45) is 0 Å². The van der Waals surface area contributed by atoms with Gasteiger partial charge in [0, 0.05) is 47.8 Å². The number of carboxylic acids is 7. The Hall–Kier alpha value is -7.11. The molecule has 0 saturated heterocycles. The van der Waals surface area contributed by atoms with Crippen LogP contribution in [0.1, 0.15) is 96.9 Å². The maximum atomic E-state index is 12.3. The molecule has 8 bridgehead atoms. The maximum Gasteiger partial charge on any atom is 0.307 e. The van der Waals surface area contributed by atoms with Crippen LogP contribution < -0.4 is 0 Å². The number of allylic oxidation sites excluding steroid dienone is 3. The number of nitrogens with zero attached hydrogens (tertiary/aromatic N) is 2. The first-order valence-corrected chi connectivity index (χ1v) is 17.6. The number of aromatic nitrogens is 4. The van der Waals surface area contributed by atoms with E-state index in [-0.39, 0.29) is 105 Å². The molecular weight excluding hydrogens is 748 g/mol. The summed E-state index contributed by atoms with van der Waals surface area (Å²) in [7, 11) is 0. The lowest BCUT2D eigenvalue weighted by molar-refractivity contribution is -0.138. The first-order chi connectivity index (χ1) is 26.9. The molecule has 0 aromatic carbocycles. The Morgan fingerprint density at radius 1 is 0.421 bits per heavy atom. The molecule has 0 unspecified atom stereocenters. The minimum absolute atomic E-state index is 0.0104. The Balaban J connectivity index is 2.05. The number of aryl methyl sites for hydroxylation is 2. The number of nitrogens with one attached hydrogen (secondary N) is 2. The molecule has 5 heterocycles. The van der Waals surface area contributed by atoms with Gasteiger partial charge in [-0.3, -0.25) is 33.6 Å². The van der Waals surface area contributed by atoms with E-state index < -0.39 is 80.3 Å². The summed E-state index contributed by atoms with van der Waals surface area (Å²) in [5, 5.41) is 68.4. The monoisotopic (exact) mass is 786 g/mol. The number of fused-ring (bicyclic) bond motifs is 8. The lowest BCUT2D eigenvalue weighted by Gasteiger charge is -2.06. The molecule has 3 aromatic rings. The first kappa shape index (κ1) is 41.1. The van der Waals surface area contributed by atoms with Crippen LogP contribution in [0.5, 0.6) is 0 Å². The van der Waals surface area contributed by atoms with Crippen LogP contribution in [-0.4, -0.2) is 97.5 Å². The zero-order chi connectivity index (χ0) is 41.7. The van der Waals surface area contributed by atoms with E-state index in [1.54, 1.807) is 6.92 Å². The quantitative estimate of drug-likeness (QED) is 0.0847. The third kappa shape index (κ3) is 9.77. The normalized spacial score (nSPS) is 12.5. The smallest absolute Gasteiger partial charge is 0.307 e. The molecule has 0 fully saturated rings. The maximum absolute atomic E-state index is 12.3.